The number of likely N-dealkylation sites (N-methyl/N-ethyl adjacent to an activating group) is 1. The molecule has 1 atom stereocenters. The van der Waals surface area contributed by atoms with E-state index >= 15 is 0 Å². The fraction of sp³-hybridized carbons (Fsp3) is 0.312. The average molecular weight is 589 g/mol. The first-order valence-corrected chi connectivity index (χ1v) is 13.5. The number of nitrogens with zero attached hydrogens (tertiary/aromatic N) is 3. The number of pyridine rings is 1. The molecule has 4 rings (SSSR count). The second-order valence-corrected chi connectivity index (χ2v) is 10.6. The van der Waals surface area contributed by atoms with Gasteiger partial charge in [0, 0.05) is 7.05 Å². The standard InChI is InChI=1S/C31H36N6O5.CH4/c1-31(2,33)29(39)35-26(20-41-18-22-12-7-8-15-25(22)21-10-5-4-6-11-21)28-34-16-23-13-9-14-24(37(23)28)19-42-30(40)36(3)17-27(32)38;/h4-16,26H,17-20,33H2,1-3H3,(H2,32,38)(H,35,39);1H4/t26-;/m1./s1. The van der Waals surface area contributed by atoms with E-state index < -0.39 is 23.6 Å². The van der Waals surface area contributed by atoms with Crippen LogP contribution in [-0.4, -0.2) is 57.9 Å². The molecule has 0 aliphatic carbocycles. The maximum Gasteiger partial charge on any atom is 0.410 e. The molecule has 0 aliphatic heterocycles. The smallest absolute Gasteiger partial charge is 0.410 e. The molecule has 0 fully saturated rings. The summed E-state index contributed by atoms with van der Waals surface area (Å²) in [5.74, 6) is -0.549. The Kier molecular flexibility index (Phi) is 11.0. The highest BCUT2D eigenvalue weighted by Gasteiger charge is 2.28. The van der Waals surface area contributed by atoms with E-state index in [0.717, 1.165) is 27.1 Å². The lowest BCUT2D eigenvalue weighted by molar-refractivity contribution is -0.126. The third-order valence-corrected chi connectivity index (χ3v) is 6.55. The maximum atomic E-state index is 13.0. The summed E-state index contributed by atoms with van der Waals surface area (Å²) in [6.07, 6.45) is 0.958. The van der Waals surface area contributed by atoms with Crippen molar-refractivity contribution < 1.29 is 23.9 Å². The Morgan fingerprint density at radius 3 is 2.40 bits per heavy atom. The van der Waals surface area contributed by atoms with Gasteiger partial charge in [0.05, 0.1) is 36.2 Å². The zero-order valence-electron chi connectivity index (χ0n) is 23.9. The number of carbonyl (C=O) groups is 3. The van der Waals surface area contributed by atoms with Crippen molar-refractivity contribution in [2.75, 3.05) is 20.2 Å². The van der Waals surface area contributed by atoms with Gasteiger partial charge in [-0.3, -0.25) is 14.0 Å². The molecular weight excluding hydrogens is 548 g/mol. The summed E-state index contributed by atoms with van der Waals surface area (Å²) in [6, 6.07) is 22.8. The third kappa shape index (κ3) is 8.40. The van der Waals surface area contributed by atoms with Gasteiger partial charge in [0.1, 0.15) is 25.0 Å². The molecule has 0 bridgehead atoms. The van der Waals surface area contributed by atoms with Crippen molar-refractivity contribution in [3.05, 3.63) is 96.1 Å². The van der Waals surface area contributed by atoms with Crippen LogP contribution < -0.4 is 16.8 Å². The summed E-state index contributed by atoms with van der Waals surface area (Å²) in [5.41, 5.74) is 14.6. The van der Waals surface area contributed by atoms with Crippen molar-refractivity contribution in [2.45, 2.75) is 46.1 Å². The van der Waals surface area contributed by atoms with Gasteiger partial charge in [-0.2, -0.15) is 0 Å². The highest BCUT2D eigenvalue weighted by molar-refractivity contribution is 5.85. The van der Waals surface area contributed by atoms with Gasteiger partial charge in [-0.1, -0.05) is 68.1 Å². The number of primary amides is 1. The zero-order valence-corrected chi connectivity index (χ0v) is 23.9. The van der Waals surface area contributed by atoms with Crippen molar-refractivity contribution in [2.24, 2.45) is 11.5 Å². The Bertz CT molecular complexity index is 1550. The molecule has 3 amide bonds. The van der Waals surface area contributed by atoms with E-state index in [0.29, 0.717) is 18.1 Å². The van der Waals surface area contributed by atoms with Gasteiger partial charge < -0.3 is 31.2 Å². The van der Waals surface area contributed by atoms with Crippen molar-refractivity contribution in [3.63, 3.8) is 0 Å². The molecule has 0 radical (unpaired) electrons. The predicted molar refractivity (Wildman–Crippen MR) is 165 cm³/mol. The first kappa shape index (κ1) is 32.8. The van der Waals surface area contributed by atoms with Gasteiger partial charge in [-0.05, 0) is 42.7 Å². The first-order valence-electron chi connectivity index (χ1n) is 13.5. The minimum atomic E-state index is -1.14. The summed E-state index contributed by atoms with van der Waals surface area (Å²) in [6.45, 7) is 3.24. The van der Waals surface area contributed by atoms with Crippen LogP contribution in [0.3, 0.4) is 0 Å². The van der Waals surface area contributed by atoms with E-state index in [1.165, 1.54) is 7.05 Å². The minimum absolute atomic E-state index is 0. The Morgan fingerprint density at radius 1 is 1.00 bits per heavy atom. The zero-order chi connectivity index (χ0) is 30.3. The fourth-order valence-corrected chi connectivity index (χ4v) is 4.40. The molecule has 43 heavy (non-hydrogen) atoms. The molecule has 2 aromatic heterocycles. The molecule has 228 valence electrons. The van der Waals surface area contributed by atoms with Crippen LogP contribution in [0, 0.1) is 0 Å². The van der Waals surface area contributed by atoms with Gasteiger partial charge in [0.15, 0.2) is 0 Å². The molecule has 0 saturated carbocycles. The summed E-state index contributed by atoms with van der Waals surface area (Å²) >= 11 is 0. The molecule has 11 nitrogen and oxygen atoms in total. The van der Waals surface area contributed by atoms with E-state index in [4.69, 9.17) is 20.9 Å². The number of benzene rings is 2. The summed E-state index contributed by atoms with van der Waals surface area (Å²) in [5, 5.41) is 2.98. The van der Waals surface area contributed by atoms with Crippen LogP contribution in [0.15, 0.2) is 79.0 Å². The number of amides is 3. The van der Waals surface area contributed by atoms with Gasteiger partial charge in [0.2, 0.25) is 11.8 Å². The van der Waals surface area contributed by atoms with Crippen LogP contribution in [0.4, 0.5) is 4.79 Å². The Hall–Kier alpha value is -4.74. The van der Waals surface area contributed by atoms with E-state index in [1.54, 1.807) is 30.5 Å². The average Bonchev–Trinajstić information content (AvgIpc) is 3.40. The molecule has 0 saturated heterocycles. The number of rotatable bonds is 12. The number of nitrogens with one attached hydrogen (secondary N) is 1. The molecule has 2 aromatic carbocycles. The van der Waals surface area contributed by atoms with Crippen LogP contribution in [0.1, 0.15) is 44.4 Å². The lowest BCUT2D eigenvalue weighted by Gasteiger charge is -2.24. The number of fused-ring (bicyclic) bond motifs is 1. The van der Waals surface area contributed by atoms with Crippen molar-refractivity contribution in [1.29, 1.82) is 0 Å². The molecular formula is C32H40N6O5. The number of aromatic nitrogens is 2. The van der Waals surface area contributed by atoms with Crippen molar-refractivity contribution >= 4 is 23.4 Å². The third-order valence-electron chi connectivity index (χ3n) is 6.55. The number of imidazole rings is 1. The van der Waals surface area contributed by atoms with E-state index in [-0.39, 0.29) is 33.1 Å². The van der Waals surface area contributed by atoms with E-state index in [9.17, 15) is 14.4 Å². The second-order valence-electron chi connectivity index (χ2n) is 10.6. The molecule has 2 heterocycles. The van der Waals surface area contributed by atoms with Crippen molar-refractivity contribution in [1.82, 2.24) is 19.6 Å². The number of nitrogens with two attached hydrogens (primary N) is 2. The molecule has 11 heteroatoms. The maximum absolute atomic E-state index is 13.0. The van der Waals surface area contributed by atoms with E-state index in [1.807, 2.05) is 66.7 Å². The SMILES string of the molecule is C.CN(CC(N)=O)C(=O)OCc1cccc2cnc([C@@H](COCc3ccccc3-c3ccccc3)NC(=O)C(C)(C)N)n12. The Balaban J connectivity index is 0.00000506. The molecule has 0 aliphatic rings. The molecule has 4 aromatic rings. The molecule has 5 N–H and O–H groups in total. The highest BCUT2D eigenvalue weighted by atomic mass is 16.6. The van der Waals surface area contributed by atoms with Crippen LogP contribution in [0.5, 0.6) is 0 Å². The number of hydrogen-bond acceptors (Lipinski definition) is 7. The second kappa shape index (κ2) is 14.4. The number of ether oxygens (including phenoxy) is 2. The lowest BCUT2D eigenvalue weighted by Crippen LogP contribution is -2.51. The first-order chi connectivity index (χ1) is 20.0. The quantitative estimate of drug-likeness (QED) is 0.227. The largest absolute Gasteiger partial charge is 0.443 e. The van der Waals surface area contributed by atoms with Gasteiger partial charge >= 0.3 is 6.09 Å². The van der Waals surface area contributed by atoms with Crippen LogP contribution in [0.25, 0.3) is 16.6 Å². The topological polar surface area (TPSA) is 154 Å². The molecule has 0 spiro atoms. The number of carbonyl (C=O) groups excluding carboxylic acids is 3. The van der Waals surface area contributed by atoms with Crippen LogP contribution in [0.2, 0.25) is 0 Å². The van der Waals surface area contributed by atoms with Gasteiger partial charge in [0.25, 0.3) is 0 Å². The van der Waals surface area contributed by atoms with Crippen LogP contribution >= 0.6 is 0 Å². The summed E-state index contributed by atoms with van der Waals surface area (Å²) in [4.78, 5) is 42.3. The minimum Gasteiger partial charge on any atom is -0.443 e. The monoisotopic (exact) mass is 588 g/mol. The van der Waals surface area contributed by atoms with E-state index in [2.05, 4.69) is 10.3 Å². The Morgan fingerprint density at radius 2 is 1.70 bits per heavy atom. The fourth-order valence-electron chi connectivity index (χ4n) is 4.40. The summed E-state index contributed by atoms with van der Waals surface area (Å²) in [7, 11) is 1.42. The Labute approximate surface area is 251 Å². The molecule has 0 unspecified atom stereocenters. The lowest BCUT2D eigenvalue weighted by atomic mass is 10.0. The highest BCUT2D eigenvalue weighted by Crippen LogP contribution is 2.25. The number of hydrogen-bond donors (Lipinski definition) is 3. The van der Waals surface area contributed by atoms with Gasteiger partial charge in [-0.25, -0.2) is 9.78 Å². The summed E-state index contributed by atoms with van der Waals surface area (Å²) < 4.78 is 13.4. The van der Waals surface area contributed by atoms with Crippen LogP contribution in [-0.2, 0) is 32.3 Å². The van der Waals surface area contributed by atoms with Gasteiger partial charge in [-0.15, -0.1) is 0 Å². The van der Waals surface area contributed by atoms with Crippen molar-refractivity contribution in [3.8, 4) is 11.1 Å². The normalized spacial score (nSPS) is 11.8. The predicted octanol–water partition coefficient (Wildman–Crippen LogP) is 3.80.